The molecule has 0 spiro atoms. The van der Waals surface area contributed by atoms with E-state index in [1.54, 1.807) is 18.3 Å². The van der Waals surface area contributed by atoms with Crippen LogP contribution < -0.4 is 10.1 Å². The molecule has 0 saturated heterocycles. The van der Waals surface area contributed by atoms with Crippen molar-refractivity contribution in [2.45, 2.75) is 19.8 Å². The Labute approximate surface area is 157 Å². The van der Waals surface area contributed by atoms with Crippen LogP contribution in [0, 0.1) is 5.82 Å². The molecule has 2 aromatic carbocycles. The summed E-state index contributed by atoms with van der Waals surface area (Å²) in [6, 6.07) is 15.8. The van der Waals surface area contributed by atoms with E-state index in [0.717, 1.165) is 18.4 Å². The normalized spacial score (nSPS) is 10.6. The van der Waals surface area contributed by atoms with E-state index < -0.39 is 0 Å². The van der Waals surface area contributed by atoms with Gasteiger partial charge >= 0.3 is 0 Å². The third-order valence-corrected chi connectivity index (χ3v) is 3.99. The summed E-state index contributed by atoms with van der Waals surface area (Å²) in [5.74, 6) is -0.205. The molecule has 1 amide bonds. The predicted molar refractivity (Wildman–Crippen MR) is 102 cm³/mol. The van der Waals surface area contributed by atoms with E-state index in [2.05, 4.69) is 10.4 Å². The third kappa shape index (κ3) is 4.94. The fraction of sp³-hybridized carbons (Fsp3) is 0.238. The molecule has 0 fully saturated rings. The quantitative estimate of drug-likeness (QED) is 0.659. The minimum atomic E-state index is -0.327. The SMILES string of the molecule is CCCOc1cn(-c2ccc(F)cc2)nc1C(=O)NCCc1ccccc1. The molecule has 0 atom stereocenters. The first-order chi connectivity index (χ1) is 13.2. The molecule has 0 radical (unpaired) electrons. The molecule has 140 valence electrons. The maximum absolute atomic E-state index is 13.1. The highest BCUT2D eigenvalue weighted by Crippen LogP contribution is 2.20. The molecule has 5 nitrogen and oxygen atoms in total. The van der Waals surface area contributed by atoms with Crippen LogP contribution in [-0.4, -0.2) is 28.8 Å². The molecule has 0 saturated carbocycles. The number of ether oxygens (including phenoxy) is 1. The van der Waals surface area contributed by atoms with E-state index in [1.807, 2.05) is 37.3 Å². The minimum Gasteiger partial charge on any atom is -0.489 e. The number of carbonyl (C=O) groups is 1. The average Bonchev–Trinajstić information content (AvgIpc) is 3.12. The first-order valence-corrected chi connectivity index (χ1v) is 8.98. The number of benzene rings is 2. The standard InChI is InChI=1S/C21H22FN3O2/c1-2-14-27-19-15-25(18-10-8-17(22)9-11-18)24-20(19)21(26)23-13-12-16-6-4-3-5-7-16/h3-11,15H,2,12-14H2,1H3,(H,23,26). The Morgan fingerprint density at radius 1 is 1.15 bits per heavy atom. The molecule has 0 aliphatic rings. The lowest BCUT2D eigenvalue weighted by molar-refractivity contribution is 0.0944. The van der Waals surface area contributed by atoms with Crippen molar-refractivity contribution in [1.82, 2.24) is 15.1 Å². The Balaban J connectivity index is 1.73. The van der Waals surface area contributed by atoms with Crippen LogP contribution in [0.1, 0.15) is 29.4 Å². The van der Waals surface area contributed by atoms with Gasteiger partial charge < -0.3 is 10.1 Å². The Kier molecular flexibility index (Phi) is 6.20. The molecule has 1 N–H and O–H groups in total. The van der Waals surface area contributed by atoms with Gasteiger partial charge in [-0.3, -0.25) is 4.79 Å². The van der Waals surface area contributed by atoms with Gasteiger partial charge in [-0.05, 0) is 42.7 Å². The first kappa shape index (κ1) is 18.6. The summed E-state index contributed by atoms with van der Waals surface area (Å²) >= 11 is 0. The molecule has 0 bridgehead atoms. The molecule has 6 heteroatoms. The van der Waals surface area contributed by atoms with Crippen LogP contribution in [0.3, 0.4) is 0 Å². The summed E-state index contributed by atoms with van der Waals surface area (Å²) in [7, 11) is 0. The van der Waals surface area contributed by atoms with Crippen molar-refractivity contribution in [1.29, 1.82) is 0 Å². The number of hydrogen-bond donors (Lipinski definition) is 1. The summed E-state index contributed by atoms with van der Waals surface area (Å²) < 4.78 is 20.3. The number of nitrogens with zero attached hydrogens (tertiary/aromatic N) is 2. The van der Waals surface area contributed by atoms with Crippen LogP contribution >= 0.6 is 0 Å². The molecule has 1 aromatic heterocycles. The van der Waals surface area contributed by atoms with E-state index in [-0.39, 0.29) is 17.4 Å². The maximum Gasteiger partial charge on any atom is 0.275 e. The lowest BCUT2D eigenvalue weighted by Crippen LogP contribution is -2.26. The number of halogens is 1. The molecule has 1 heterocycles. The van der Waals surface area contributed by atoms with Crippen molar-refractivity contribution < 1.29 is 13.9 Å². The van der Waals surface area contributed by atoms with Crippen LogP contribution in [0.2, 0.25) is 0 Å². The summed E-state index contributed by atoms with van der Waals surface area (Å²) in [6.45, 7) is 2.98. The summed E-state index contributed by atoms with van der Waals surface area (Å²) in [5.41, 5.74) is 2.03. The minimum absolute atomic E-state index is 0.223. The number of amides is 1. The number of rotatable bonds is 8. The number of carbonyl (C=O) groups excluding carboxylic acids is 1. The highest BCUT2D eigenvalue weighted by Gasteiger charge is 2.18. The van der Waals surface area contributed by atoms with Crippen LogP contribution in [0.5, 0.6) is 5.75 Å². The zero-order valence-corrected chi connectivity index (χ0v) is 15.2. The van der Waals surface area contributed by atoms with Crippen molar-refractivity contribution in [3.8, 4) is 11.4 Å². The van der Waals surface area contributed by atoms with Crippen molar-refractivity contribution >= 4 is 5.91 Å². The molecule has 0 aliphatic heterocycles. The second kappa shape index (κ2) is 8.98. The third-order valence-electron chi connectivity index (χ3n) is 3.99. The Hall–Kier alpha value is -3.15. The molecule has 0 aliphatic carbocycles. The van der Waals surface area contributed by atoms with E-state index in [1.165, 1.54) is 16.8 Å². The largest absolute Gasteiger partial charge is 0.489 e. The van der Waals surface area contributed by atoms with Gasteiger partial charge in [0.05, 0.1) is 18.5 Å². The van der Waals surface area contributed by atoms with Crippen LogP contribution in [0.4, 0.5) is 4.39 Å². The molecule has 3 aromatic rings. The Morgan fingerprint density at radius 3 is 2.59 bits per heavy atom. The molecular formula is C21H22FN3O2. The zero-order chi connectivity index (χ0) is 19.1. The van der Waals surface area contributed by atoms with Crippen LogP contribution in [0.15, 0.2) is 60.8 Å². The Morgan fingerprint density at radius 2 is 1.89 bits per heavy atom. The van der Waals surface area contributed by atoms with Crippen molar-refractivity contribution in [3.05, 3.63) is 77.9 Å². The average molecular weight is 367 g/mol. The topological polar surface area (TPSA) is 56.2 Å². The second-order valence-corrected chi connectivity index (χ2v) is 6.10. The van der Waals surface area contributed by atoms with Crippen LogP contribution in [0.25, 0.3) is 5.69 Å². The summed E-state index contributed by atoms with van der Waals surface area (Å²) in [6.07, 6.45) is 3.20. The molecule has 3 rings (SSSR count). The molecule has 27 heavy (non-hydrogen) atoms. The van der Waals surface area contributed by atoms with E-state index >= 15 is 0 Å². The number of aromatic nitrogens is 2. The van der Waals surface area contributed by atoms with Gasteiger partial charge in [-0.15, -0.1) is 0 Å². The highest BCUT2D eigenvalue weighted by molar-refractivity contribution is 5.94. The van der Waals surface area contributed by atoms with Gasteiger partial charge in [0.2, 0.25) is 0 Å². The number of nitrogens with one attached hydrogen (secondary N) is 1. The molecular weight excluding hydrogens is 345 g/mol. The van der Waals surface area contributed by atoms with Crippen molar-refractivity contribution in [3.63, 3.8) is 0 Å². The van der Waals surface area contributed by atoms with Gasteiger partial charge in [-0.2, -0.15) is 5.10 Å². The maximum atomic E-state index is 13.1. The fourth-order valence-corrected chi connectivity index (χ4v) is 2.61. The van der Waals surface area contributed by atoms with Gasteiger partial charge in [0.15, 0.2) is 11.4 Å². The van der Waals surface area contributed by atoms with E-state index in [0.29, 0.717) is 24.6 Å². The highest BCUT2D eigenvalue weighted by atomic mass is 19.1. The van der Waals surface area contributed by atoms with Crippen molar-refractivity contribution in [2.75, 3.05) is 13.2 Å². The Bertz CT molecular complexity index is 876. The van der Waals surface area contributed by atoms with Gasteiger partial charge in [0, 0.05) is 6.54 Å². The fourth-order valence-electron chi connectivity index (χ4n) is 2.61. The van der Waals surface area contributed by atoms with Gasteiger partial charge in [0.1, 0.15) is 5.82 Å². The van der Waals surface area contributed by atoms with Crippen molar-refractivity contribution in [2.24, 2.45) is 0 Å². The number of hydrogen-bond acceptors (Lipinski definition) is 3. The van der Waals surface area contributed by atoms with Gasteiger partial charge in [0.25, 0.3) is 5.91 Å². The lowest BCUT2D eigenvalue weighted by atomic mass is 10.1. The molecule has 0 unspecified atom stereocenters. The van der Waals surface area contributed by atoms with Crippen LogP contribution in [-0.2, 0) is 6.42 Å². The summed E-state index contributed by atoms with van der Waals surface area (Å²) in [4.78, 5) is 12.6. The van der Waals surface area contributed by atoms with E-state index in [9.17, 15) is 9.18 Å². The van der Waals surface area contributed by atoms with E-state index in [4.69, 9.17) is 4.74 Å². The monoisotopic (exact) mass is 367 g/mol. The smallest absolute Gasteiger partial charge is 0.275 e. The second-order valence-electron chi connectivity index (χ2n) is 6.10. The first-order valence-electron chi connectivity index (χ1n) is 8.98. The van der Waals surface area contributed by atoms with Gasteiger partial charge in [-0.1, -0.05) is 37.3 Å². The van der Waals surface area contributed by atoms with Gasteiger partial charge in [-0.25, -0.2) is 9.07 Å². The summed E-state index contributed by atoms with van der Waals surface area (Å²) in [5, 5.41) is 7.23. The predicted octanol–water partition coefficient (Wildman–Crippen LogP) is 3.77. The zero-order valence-electron chi connectivity index (χ0n) is 15.2. The lowest BCUT2D eigenvalue weighted by Gasteiger charge is -2.06.